The van der Waals surface area contributed by atoms with Crippen LogP contribution in [-0.4, -0.2) is 48.5 Å². The minimum absolute atomic E-state index is 0.0633. The lowest BCUT2D eigenvalue weighted by Crippen LogP contribution is -2.55. The topological polar surface area (TPSA) is 68.2 Å². The highest BCUT2D eigenvalue weighted by Gasteiger charge is 2.40. The summed E-state index contributed by atoms with van der Waals surface area (Å²) in [5.74, 6) is 0.601. The molecule has 0 spiro atoms. The molecule has 0 radical (unpaired) electrons. The Kier molecular flexibility index (Phi) is 4.07. The van der Waals surface area contributed by atoms with Crippen LogP contribution in [0.5, 0.6) is 5.75 Å². The zero-order chi connectivity index (χ0) is 14.8. The van der Waals surface area contributed by atoms with Gasteiger partial charge in [-0.1, -0.05) is 30.3 Å². The predicted octanol–water partition coefficient (Wildman–Crippen LogP) is 1.31. The number of aliphatic hydroxyl groups is 2. The second-order valence-corrected chi connectivity index (χ2v) is 5.09. The molecule has 0 saturated carbocycles. The van der Waals surface area contributed by atoms with Gasteiger partial charge in [0.25, 0.3) is 0 Å². The molecule has 2 aromatic rings. The molecule has 0 bridgehead atoms. The number of hydrogen-bond acceptors (Lipinski definition) is 5. The summed E-state index contributed by atoms with van der Waals surface area (Å²) in [6.45, 7) is 0.0633. The number of methoxy groups -OCH3 is 1. The van der Waals surface area contributed by atoms with Crippen molar-refractivity contribution in [3.05, 3.63) is 42.5 Å². The SMILES string of the molecule is CO[C@@H]1[C@@H](O)[C@H](Oc2ccc3ccccc3c2)OC[C@H]1O. The lowest BCUT2D eigenvalue weighted by Gasteiger charge is -2.36. The minimum Gasteiger partial charge on any atom is -0.462 e. The summed E-state index contributed by atoms with van der Waals surface area (Å²) >= 11 is 0. The van der Waals surface area contributed by atoms with Crippen LogP contribution in [0.1, 0.15) is 0 Å². The molecular formula is C16H18O5. The van der Waals surface area contributed by atoms with Gasteiger partial charge in [0.05, 0.1) is 6.61 Å². The number of ether oxygens (including phenoxy) is 3. The van der Waals surface area contributed by atoms with Crippen molar-refractivity contribution in [3.8, 4) is 5.75 Å². The van der Waals surface area contributed by atoms with Gasteiger partial charge in [0.2, 0.25) is 6.29 Å². The highest BCUT2D eigenvalue weighted by atomic mass is 16.7. The van der Waals surface area contributed by atoms with E-state index in [4.69, 9.17) is 14.2 Å². The van der Waals surface area contributed by atoms with E-state index >= 15 is 0 Å². The summed E-state index contributed by atoms with van der Waals surface area (Å²) in [6, 6.07) is 13.6. The fourth-order valence-corrected chi connectivity index (χ4v) is 2.54. The van der Waals surface area contributed by atoms with Gasteiger partial charge in [-0.25, -0.2) is 0 Å². The van der Waals surface area contributed by atoms with Crippen LogP contribution in [0.2, 0.25) is 0 Å². The Balaban J connectivity index is 1.78. The predicted molar refractivity (Wildman–Crippen MR) is 77.1 cm³/mol. The number of benzene rings is 2. The Morgan fingerprint density at radius 3 is 2.62 bits per heavy atom. The quantitative estimate of drug-likeness (QED) is 0.892. The number of rotatable bonds is 3. The average molecular weight is 290 g/mol. The van der Waals surface area contributed by atoms with Gasteiger partial charge in [-0.3, -0.25) is 0 Å². The van der Waals surface area contributed by atoms with Crippen molar-refractivity contribution in [1.29, 1.82) is 0 Å². The zero-order valence-corrected chi connectivity index (χ0v) is 11.7. The maximum atomic E-state index is 10.1. The molecule has 1 aliphatic heterocycles. The van der Waals surface area contributed by atoms with Crippen molar-refractivity contribution in [3.63, 3.8) is 0 Å². The van der Waals surface area contributed by atoms with Crippen molar-refractivity contribution in [2.45, 2.75) is 24.6 Å². The Morgan fingerprint density at radius 1 is 1.10 bits per heavy atom. The van der Waals surface area contributed by atoms with E-state index < -0.39 is 24.6 Å². The van der Waals surface area contributed by atoms with Gasteiger partial charge >= 0.3 is 0 Å². The van der Waals surface area contributed by atoms with E-state index in [9.17, 15) is 10.2 Å². The minimum atomic E-state index is -1.05. The van der Waals surface area contributed by atoms with Crippen LogP contribution >= 0.6 is 0 Å². The third kappa shape index (κ3) is 2.87. The van der Waals surface area contributed by atoms with Gasteiger partial charge in [-0.2, -0.15) is 0 Å². The van der Waals surface area contributed by atoms with Crippen molar-refractivity contribution >= 4 is 10.8 Å². The van der Waals surface area contributed by atoms with Crippen LogP contribution in [0.15, 0.2) is 42.5 Å². The first kappa shape index (κ1) is 14.3. The molecule has 2 N–H and O–H groups in total. The van der Waals surface area contributed by atoms with Crippen LogP contribution < -0.4 is 4.74 Å². The van der Waals surface area contributed by atoms with Crippen LogP contribution in [0.4, 0.5) is 0 Å². The fraction of sp³-hybridized carbons (Fsp3) is 0.375. The van der Waals surface area contributed by atoms with E-state index in [-0.39, 0.29) is 6.61 Å². The Morgan fingerprint density at radius 2 is 1.86 bits per heavy atom. The Bertz CT molecular complexity index is 614. The van der Waals surface area contributed by atoms with E-state index in [1.54, 1.807) is 0 Å². The fourth-order valence-electron chi connectivity index (χ4n) is 2.54. The molecule has 0 amide bonds. The summed E-state index contributed by atoms with van der Waals surface area (Å²) in [7, 11) is 1.44. The van der Waals surface area contributed by atoms with Crippen LogP contribution in [0.3, 0.4) is 0 Å². The first-order chi connectivity index (χ1) is 10.2. The lowest BCUT2D eigenvalue weighted by molar-refractivity contribution is -0.247. The summed E-state index contributed by atoms with van der Waals surface area (Å²) in [6.07, 6.45) is -3.49. The van der Waals surface area contributed by atoms with Crippen LogP contribution in [0, 0.1) is 0 Å². The molecule has 0 unspecified atom stereocenters. The van der Waals surface area contributed by atoms with Crippen molar-refractivity contribution in [2.24, 2.45) is 0 Å². The Labute approximate surface area is 122 Å². The van der Waals surface area contributed by atoms with Gasteiger partial charge in [-0.05, 0) is 22.9 Å². The normalized spacial score (nSPS) is 29.5. The second-order valence-electron chi connectivity index (χ2n) is 5.09. The summed E-state index contributed by atoms with van der Waals surface area (Å²) < 4.78 is 16.1. The van der Waals surface area contributed by atoms with E-state index in [2.05, 4.69) is 0 Å². The zero-order valence-electron chi connectivity index (χ0n) is 11.7. The molecule has 1 aliphatic rings. The molecule has 21 heavy (non-hydrogen) atoms. The maximum Gasteiger partial charge on any atom is 0.228 e. The summed E-state index contributed by atoms with van der Waals surface area (Å²) in [5, 5.41) is 22.0. The molecule has 112 valence electrons. The highest BCUT2D eigenvalue weighted by molar-refractivity contribution is 5.83. The highest BCUT2D eigenvalue weighted by Crippen LogP contribution is 2.25. The number of hydrogen-bond donors (Lipinski definition) is 2. The summed E-state index contributed by atoms with van der Waals surface area (Å²) in [4.78, 5) is 0. The van der Waals surface area contributed by atoms with Crippen molar-refractivity contribution in [2.75, 3.05) is 13.7 Å². The standard InChI is InChI=1S/C16H18O5/c1-19-15-13(17)9-20-16(14(15)18)21-12-7-6-10-4-2-3-5-11(10)8-12/h2-8,13-18H,9H2,1H3/t13-,14-,15+,16+/m1/s1. The first-order valence-corrected chi connectivity index (χ1v) is 6.85. The molecule has 0 aromatic heterocycles. The molecule has 0 aliphatic carbocycles. The molecule has 3 rings (SSSR count). The van der Waals surface area contributed by atoms with Gasteiger partial charge < -0.3 is 24.4 Å². The summed E-state index contributed by atoms with van der Waals surface area (Å²) in [5.41, 5.74) is 0. The van der Waals surface area contributed by atoms with E-state index in [1.807, 2.05) is 42.5 Å². The molecule has 5 nitrogen and oxygen atoms in total. The van der Waals surface area contributed by atoms with Gasteiger partial charge in [0.1, 0.15) is 24.1 Å². The monoisotopic (exact) mass is 290 g/mol. The number of aliphatic hydroxyl groups excluding tert-OH is 2. The Hall–Kier alpha value is -1.66. The largest absolute Gasteiger partial charge is 0.462 e. The van der Waals surface area contributed by atoms with E-state index in [1.165, 1.54) is 7.11 Å². The molecule has 1 saturated heterocycles. The third-order valence-electron chi connectivity index (χ3n) is 3.67. The van der Waals surface area contributed by atoms with Gasteiger partial charge in [-0.15, -0.1) is 0 Å². The molecule has 4 atom stereocenters. The van der Waals surface area contributed by atoms with Crippen LogP contribution in [-0.2, 0) is 9.47 Å². The smallest absolute Gasteiger partial charge is 0.228 e. The number of fused-ring (bicyclic) bond motifs is 1. The molecule has 2 aromatic carbocycles. The molecule has 5 heteroatoms. The van der Waals surface area contributed by atoms with Gasteiger partial charge in [0.15, 0.2) is 0 Å². The molecule has 1 fully saturated rings. The second kappa shape index (κ2) is 5.99. The van der Waals surface area contributed by atoms with Crippen molar-refractivity contribution in [1.82, 2.24) is 0 Å². The third-order valence-corrected chi connectivity index (χ3v) is 3.67. The molecular weight excluding hydrogens is 272 g/mol. The maximum absolute atomic E-state index is 10.1. The average Bonchev–Trinajstić information content (AvgIpc) is 2.50. The van der Waals surface area contributed by atoms with E-state index in [0.717, 1.165) is 10.8 Å². The van der Waals surface area contributed by atoms with Gasteiger partial charge in [0, 0.05) is 7.11 Å². The first-order valence-electron chi connectivity index (χ1n) is 6.85. The van der Waals surface area contributed by atoms with E-state index in [0.29, 0.717) is 5.75 Å². The molecule has 1 heterocycles. The lowest BCUT2D eigenvalue weighted by atomic mass is 10.1. The van der Waals surface area contributed by atoms with Crippen LogP contribution in [0.25, 0.3) is 10.8 Å². The van der Waals surface area contributed by atoms with Crippen molar-refractivity contribution < 1.29 is 24.4 Å².